The second-order valence-electron chi connectivity index (χ2n) is 8.07. The number of nitrogens with zero attached hydrogens (tertiary/aromatic N) is 2. The molecule has 1 atom stereocenters. The van der Waals surface area contributed by atoms with Crippen LogP contribution in [0, 0.1) is 5.92 Å². The Kier molecular flexibility index (Phi) is 8.08. The van der Waals surface area contributed by atoms with Gasteiger partial charge in [-0.05, 0) is 56.1 Å². The average Bonchev–Trinajstić information content (AvgIpc) is 3.26. The number of likely N-dealkylation sites (tertiary alicyclic amines) is 1. The number of benzene rings is 2. The minimum atomic E-state index is -0.115. The lowest BCUT2D eigenvalue weighted by molar-refractivity contribution is 0.0574. The van der Waals surface area contributed by atoms with E-state index >= 15 is 0 Å². The van der Waals surface area contributed by atoms with Crippen LogP contribution in [-0.4, -0.2) is 49.8 Å². The van der Waals surface area contributed by atoms with Crippen LogP contribution in [0.4, 0.5) is 16.2 Å². The zero-order valence-electron chi connectivity index (χ0n) is 17.6. The predicted octanol–water partition coefficient (Wildman–Crippen LogP) is 4.86. The van der Waals surface area contributed by atoms with Gasteiger partial charge in [0.25, 0.3) is 0 Å². The van der Waals surface area contributed by atoms with E-state index in [1.807, 2.05) is 65.6 Å². The Hall–Kier alpha value is -2.37. The van der Waals surface area contributed by atoms with Gasteiger partial charge >= 0.3 is 6.03 Å². The normalized spacial score (nSPS) is 15.4. The third kappa shape index (κ3) is 6.58. The highest BCUT2D eigenvalue weighted by Gasteiger charge is 2.27. The molecule has 0 bridgehead atoms. The minimum Gasteiger partial charge on any atom is -0.379 e. The van der Waals surface area contributed by atoms with Crippen LogP contribution < -0.4 is 10.2 Å². The quantitative estimate of drug-likeness (QED) is 0.659. The lowest BCUT2D eigenvalue weighted by Gasteiger charge is -2.33. The first kappa shape index (κ1) is 21.3. The molecule has 156 valence electrons. The van der Waals surface area contributed by atoms with Crippen molar-refractivity contribution in [3.05, 3.63) is 60.7 Å². The number of anilines is 2. The van der Waals surface area contributed by atoms with Gasteiger partial charge in [0.15, 0.2) is 0 Å². The molecule has 1 N–H and O–H groups in total. The van der Waals surface area contributed by atoms with Crippen molar-refractivity contribution >= 4 is 17.4 Å². The maximum Gasteiger partial charge on any atom is 0.326 e. The van der Waals surface area contributed by atoms with Crippen molar-refractivity contribution in [1.29, 1.82) is 0 Å². The van der Waals surface area contributed by atoms with E-state index in [1.54, 1.807) is 0 Å². The molecule has 0 saturated carbocycles. The van der Waals surface area contributed by atoms with Gasteiger partial charge in [-0.1, -0.05) is 50.2 Å². The van der Waals surface area contributed by atoms with Crippen molar-refractivity contribution < 1.29 is 9.53 Å². The molecule has 1 heterocycles. The summed E-state index contributed by atoms with van der Waals surface area (Å²) in [6.07, 6.45) is 2.42. The lowest BCUT2D eigenvalue weighted by Crippen LogP contribution is -2.49. The molecule has 5 heteroatoms. The van der Waals surface area contributed by atoms with Crippen LogP contribution in [0.25, 0.3) is 0 Å². The summed E-state index contributed by atoms with van der Waals surface area (Å²) in [4.78, 5) is 17.5. The van der Waals surface area contributed by atoms with Crippen molar-refractivity contribution in [2.75, 3.05) is 43.1 Å². The van der Waals surface area contributed by atoms with E-state index in [9.17, 15) is 4.79 Å². The number of para-hydroxylation sites is 2. The van der Waals surface area contributed by atoms with Crippen LogP contribution in [0.2, 0.25) is 0 Å². The number of carbonyl (C=O) groups excluding carboxylic acids is 1. The maximum absolute atomic E-state index is 13.2. The molecule has 1 saturated heterocycles. The number of ether oxygens (including phenoxy) is 1. The number of nitrogens with one attached hydrogen (secondary N) is 1. The molecule has 1 unspecified atom stereocenters. The fourth-order valence-corrected chi connectivity index (χ4v) is 3.66. The zero-order valence-corrected chi connectivity index (χ0v) is 17.6. The Bertz CT molecular complexity index is 730. The van der Waals surface area contributed by atoms with E-state index in [0.717, 1.165) is 31.1 Å². The standard InChI is InChI=1S/C24H33N3O2/c1-20(2)18-29-19-23(26-15-9-10-16-26)17-27(22-13-7-4-8-14-22)24(28)25-21-11-5-3-6-12-21/h3-8,11-14,20,23H,9-10,15-19H2,1-2H3,(H,25,28). The molecule has 2 amide bonds. The molecule has 0 radical (unpaired) electrons. The number of urea groups is 1. The average molecular weight is 396 g/mol. The molecule has 0 aliphatic carbocycles. The van der Waals surface area contributed by atoms with Crippen molar-refractivity contribution in [2.45, 2.75) is 32.7 Å². The second kappa shape index (κ2) is 11.0. The molecule has 0 aromatic heterocycles. The Morgan fingerprint density at radius 2 is 1.62 bits per heavy atom. The molecule has 0 spiro atoms. The van der Waals surface area contributed by atoms with Gasteiger partial charge in [0.2, 0.25) is 0 Å². The van der Waals surface area contributed by atoms with Crippen molar-refractivity contribution in [1.82, 2.24) is 4.90 Å². The molecule has 1 fully saturated rings. The fraction of sp³-hybridized carbons (Fsp3) is 0.458. The van der Waals surface area contributed by atoms with E-state index in [0.29, 0.717) is 19.1 Å². The van der Waals surface area contributed by atoms with Gasteiger partial charge in [0.05, 0.1) is 12.6 Å². The molecular weight excluding hydrogens is 362 g/mol. The molecule has 2 aromatic rings. The summed E-state index contributed by atoms with van der Waals surface area (Å²) < 4.78 is 6.00. The van der Waals surface area contributed by atoms with Gasteiger partial charge in [-0.2, -0.15) is 0 Å². The highest BCUT2D eigenvalue weighted by molar-refractivity contribution is 6.01. The number of hydrogen-bond donors (Lipinski definition) is 1. The van der Waals surface area contributed by atoms with Gasteiger partial charge in [0, 0.05) is 24.5 Å². The molecule has 1 aliphatic rings. The summed E-state index contributed by atoms with van der Waals surface area (Å²) in [5.41, 5.74) is 1.70. The maximum atomic E-state index is 13.2. The molecule has 5 nitrogen and oxygen atoms in total. The Balaban J connectivity index is 1.76. The summed E-state index contributed by atoms with van der Waals surface area (Å²) in [5, 5.41) is 3.04. The largest absolute Gasteiger partial charge is 0.379 e. The van der Waals surface area contributed by atoms with Gasteiger partial charge in [-0.15, -0.1) is 0 Å². The molecule has 2 aromatic carbocycles. The summed E-state index contributed by atoms with van der Waals surface area (Å²) in [5.74, 6) is 0.501. The van der Waals surface area contributed by atoms with Crippen LogP contribution in [0.3, 0.4) is 0 Å². The Morgan fingerprint density at radius 3 is 2.24 bits per heavy atom. The lowest BCUT2D eigenvalue weighted by atomic mass is 10.2. The molecular formula is C24H33N3O2. The number of amides is 2. The minimum absolute atomic E-state index is 0.115. The Morgan fingerprint density at radius 1 is 1.00 bits per heavy atom. The van der Waals surface area contributed by atoms with Gasteiger partial charge in [-0.25, -0.2) is 4.79 Å². The summed E-state index contributed by atoms with van der Waals surface area (Å²) >= 11 is 0. The van der Waals surface area contributed by atoms with Crippen molar-refractivity contribution in [2.24, 2.45) is 5.92 Å². The van der Waals surface area contributed by atoms with Crippen molar-refractivity contribution in [3.8, 4) is 0 Å². The molecule has 29 heavy (non-hydrogen) atoms. The summed E-state index contributed by atoms with van der Waals surface area (Å²) in [6, 6.07) is 19.6. The summed E-state index contributed by atoms with van der Waals surface area (Å²) in [7, 11) is 0. The van der Waals surface area contributed by atoms with E-state index in [-0.39, 0.29) is 12.1 Å². The zero-order chi connectivity index (χ0) is 20.5. The number of hydrogen-bond acceptors (Lipinski definition) is 3. The van der Waals surface area contributed by atoms with Crippen molar-refractivity contribution in [3.63, 3.8) is 0 Å². The topological polar surface area (TPSA) is 44.8 Å². The van der Waals surface area contributed by atoms with E-state index in [2.05, 4.69) is 24.1 Å². The van der Waals surface area contributed by atoms with Crippen LogP contribution in [0.5, 0.6) is 0 Å². The van der Waals surface area contributed by atoms with Gasteiger partial charge < -0.3 is 10.1 Å². The predicted molar refractivity (Wildman–Crippen MR) is 120 cm³/mol. The fourth-order valence-electron chi connectivity index (χ4n) is 3.66. The van der Waals surface area contributed by atoms with Crippen LogP contribution in [0.15, 0.2) is 60.7 Å². The highest BCUT2D eigenvalue weighted by atomic mass is 16.5. The van der Waals surface area contributed by atoms with Crippen LogP contribution in [0.1, 0.15) is 26.7 Å². The van der Waals surface area contributed by atoms with E-state index < -0.39 is 0 Å². The Labute approximate surface area is 174 Å². The molecule has 1 aliphatic heterocycles. The first-order valence-electron chi connectivity index (χ1n) is 10.6. The van der Waals surface area contributed by atoms with E-state index in [4.69, 9.17) is 4.74 Å². The summed E-state index contributed by atoms with van der Waals surface area (Å²) in [6.45, 7) is 8.44. The highest BCUT2D eigenvalue weighted by Crippen LogP contribution is 2.20. The van der Waals surface area contributed by atoms with Crippen LogP contribution >= 0.6 is 0 Å². The van der Waals surface area contributed by atoms with E-state index in [1.165, 1.54) is 12.8 Å². The smallest absolute Gasteiger partial charge is 0.326 e. The number of carbonyl (C=O) groups is 1. The second-order valence-corrected chi connectivity index (χ2v) is 8.07. The molecule has 3 rings (SSSR count). The van der Waals surface area contributed by atoms with Gasteiger partial charge in [-0.3, -0.25) is 9.80 Å². The number of rotatable bonds is 9. The first-order chi connectivity index (χ1) is 14.1. The third-order valence-corrected chi connectivity index (χ3v) is 5.15. The SMILES string of the molecule is CC(C)COCC(CN(C(=O)Nc1ccccc1)c1ccccc1)N1CCCC1. The first-order valence-corrected chi connectivity index (χ1v) is 10.6. The third-order valence-electron chi connectivity index (χ3n) is 5.15. The van der Waals surface area contributed by atoms with Crippen LogP contribution in [-0.2, 0) is 4.74 Å². The monoisotopic (exact) mass is 395 g/mol. The van der Waals surface area contributed by atoms with Gasteiger partial charge in [0.1, 0.15) is 0 Å².